The third kappa shape index (κ3) is 1.66. The molecular formula is C7H7F3O. The molecule has 1 nitrogen and oxygen atoms in total. The smallest absolute Gasteiger partial charge is 0.367 e. The van der Waals surface area contributed by atoms with Crippen LogP contribution in [0.1, 0.15) is 6.42 Å². The molecule has 11 heavy (non-hydrogen) atoms. The molecule has 0 saturated carbocycles. The molecule has 0 spiro atoms. The summed E-state index contributed by atoms with van der Waals surface area (Å²) in [5.74, 6) is 1.28. The highest BCUT2D eigenvalue weighted by Crippen LogP contribution is 2.33. The van der Waals surface area contributed by atoms with Crippen LogP contribution in [0.25, 0.3) is 0 Å². The van der Waals surface area contributed by atoms with E-state index in [4.69, 9.17) is 6.42 Å². The summed E-state index contributed by atoms with van der Waals surface area (Å²) in [5, 5.41) is 0. The van der Waals surface area contributed by atoms with Crippen LogP contribution >= 0.6 is 0 Å². The van der Waals surface area contributed by atoms with Crippen LogP contribution in [0, 0.1) is 18.3 Å². The Morgan fingerprint density at radius 3 is 2.45 bits per heavy atom. The number of hydrogen-bond donors (Lipinski definition) is 0. The first-order valence-electron chi connectivity index (χ1n) is 3.20. The Hall–Kier alpha value is -0.690. The molecule has 1 aliphatic heterocycles. The third-order valence-electron chi connectivity index (χ3n) is 1.63. The van der Waals surface area contributed by atoms with Gasteiger partial charge in [-0.05, 0) is 6.42 Å². The zero-order valence-corrected chi connectivity index (χ0v) is 5.69. The molecular weight excluding hydrogens is 157 g/mol. The molecule has 0 radical (unpaired) electrons. The van der Waals surface area contributed by atoms with Crippen molar-refractivity contribution < 1.29 is 17.9 Å². The van der Waals surface area contributed by atoms with Crippen molar-refractivity contribution in [2.75, 3.05) is 6.61 Å². The molecule has 0 aromatic carbocycles. The molecule has 1 aliphatic rings. The Kier molecular flexibility index (Phi) is 2.10. The van der Waals surface area contributed by atoms with E-state index in [1.54, 1.807) is 0 Å². The second-order valence-corrected chi connectivity index (χ2v) is 2.39. The summed E-state index contributed by atoms with van der Waals surface area (Å²) in [6, 6.07) is 0. The van der Waals surface area contributed by atoms with Gasteiger partial charge in [-0.25, -0.2) is 0 Å². The molecule has 0 aromatic heterocycles. The topological polar surface area (TPSA) is 9.23 Å². The van der Waals surface area contributed by atoms with Crippen molar-refractivity contribution in [1.82, 2.24) is 0 Å². The SMILES string of the molecule is C#C[C@@H]1CCO[C@@H]1C(F)(F)F. The number of alkyl halides is 3. The van der Waals surface area contributed by atoms with Gasteiger partial charge in [0.1, 0.15) is 0 Å². The molecule has 0 aromatic rings. The lowest BCUT2D eigenvalue weighted by Gasteiger charge is -2.16. The highest BCUT2D eigenvalue weighted by atomic mass is 19.4. The first-order chi connectivity index (χ1) is 5.05. The first-order valence-corrected chi connectivity index (χ1v) is 3.20. The molecule has 0 unspecified atom stereocenters. The highest BCUT2D eigenvalue weighted by Gasteiger charge is 2.47. The molecule has 1 saturated heterocycles. The van der Waals surface area contributed by atoms with E-state index in [1.165, 1.54) is 0 Å². The average Bonchev–Trinajstić information content (AvgIpc) is 2.31. The van der Waals surface area contributed by atoms with Crippen LogP contribution in [0.5, 0.6) is 0 Å². The van der Waals surface area contributed by atoms with Crippen molar-refractivity contribution in [3.63, 3.8) is 0 Å². The van der Waals surface area contributed by atoms with Crippen molar-refractivity contribution >= 4 is 0 Å². The van der Waals surface area contributed by atoms with Gasteiger partial charge < -0.3 is 4.74 Å². The Bertz CT molecular complexity index is 179. The van der Waals surface area contributed by atoms with Gasteiger partial charge >= 0.3 is 6.18 Å². The summed E-state index contributed by atoms with van der Waals surface area (Å²) in [5.41, 5.74) is 0. The maximum absolute atomic E-state index is 12.0. The van der Waals surface area contributed by atoms with Crippen LogP contribution in [0.2, 0.25) is 0 Å². The molecule has 2 atom stereocenters. The van der Waals surface area contributed by atoms with Crippen LogP contribution in [-0.2, 0) is 4.74 Å². The van der Waals surface area contributed by atoms with Crippen molar-refractivity contribution in [2.45, 2.75) is 18.7 Å². The lowest BCUT2D eigenvalue weighted by Crippen LogP contribution is -2.33. The number of hydrogen-bond acceptors (Lipinski definition) is 1. The van der Waals surface area contributed by atoms with Crippen LogP contribution in [-0.4, -0.2) is 18.9 Å². The van der Waals surface area contributed by atoms with E-state index >= 15 is 0 Å². The number of halogens is 3. The number of terminal acetylenes is 1. The zero-order chi connectivity index (χ0) is 8.48. The van der Waals surface area contributed by atoms with Gasteiger partial charge in [0.05, 0.1) is 5.92 Å². The fourth-order valence-corrected chi connectivity index (χ4v) is 1.08. The zero-order valence-electron chi connectivity index (χ0n) is 5.69. The highest BCUT2D eigenvalue weighted by molar-refractivity contribution is 5.01. The van der Waals surface area contributed by atoms with Gasteiger partial charge in [0.2, 0.25) is 0 Å². The minimum absolute atomic E-state index is 0.110. The Morgan fingerprint density at radius 1 is 1.45 bits per heavy atom. The largest absolute Gasteiger partial charge is 0.415 e. The normalized spacial score (nSPS) is 31.8. The van der Waals surface area contributed by atoms with Crippen molar-refractivity contribution in [2.24, 2.45) is 5.92 Å². The van der Waals surface area contributed by atoms with Gasteiger partial charge in [-0.1, -0.05) is 0 Å². The monoisotopic (exact) mass is 164 g/mol. The molecule has 0 N–H and O–H groups in total. The van der Waals surface area contributed by atoms with Crippen molar-refractivity contribution in [3.05, 3.63) is 0 Å². The van der Waals surface area contributed by atoms with Gasteiger partial charge in [-0.3, -0.25) is 0 Å². The first kappa shape index (κ1) is 8.41. The van der Waals surface area contributed by atoms with Gasteiger partial charge in [0.25, 0.3) is 0 Å². The van der Waals surface area contributed by atoms with Gasteiger partial charge in [0.15, 0.2) is 6.10 Å². The van der Waals surface area contributed by atoms with Crippen LogP contribution in [0.3, 0.4) is 0 Å². The van der Waals surface area contributed by atoms with E-state index in [-0.39, 0.29) is 6.61 Å². The summed E-state index contributed by atoms with van der Waals surface area (Å²) in [6.45, 7) is 0.110. The summed E-state index contributed by atoms with van der Waals surface area (Å²) >= 11 is 0. The van der Waals surface area contributed by atoms with Crippen LogP contribution < -0.4 is 0 Å². The Morgan fingerprint density at radius 2 is 2.09 bits per heavy atom. The maximum atomic E-state index is 12.0. The predicted molar refractivity (Wildman–Crippen MR) is 32.7 cm³/mol. The molecule has 4 heteroatoms. The van der Waals surface area contributed by atoms with Crippen molar-refractivity contribution in [1.29, 1.82) is 0 Å². The fraction of sp³-hybridized carbons (Fsp3) is 0.714. The second-order valence-electron chi connectivity index (χ2n) is 2.39. The quantitative estimate of drug-likeness (QED) is 0.494. The van der Waals surface area contributed by atoms with E-state index in [1.807, 2.05) is 0 Å². The van der Waals surface area contributed by atoms with Gasteiger partial charge in [-0.2, -0.15) is 13.2 Å². The van der Waals surface area contributed by atoms with Crippen molar-refractivity contribution in [3.8, 4) is 12.3 Å². The van der Waals surface area contributed by atoms with Gasteiger partial charge in [0, 0.05) is 6.61 Å². The summed E-state index contributed by atoms with van der Waals surface area (Å²) < 4.78 is 40.4. The van der Waals surface area contributed by atoms with E-state index in [0.29, 0.717) is 6.42 Å². The molecule has 62 valence electrons. The molecule has 1 fully saturated rings. The molecule has 1 rings (SSSR count). The minimum atomic E-state index is -4.31. The van der Waals surface area contributed by atoms with Crippen LogP contribution in [0.15, 0.2) is 0 Å². The summed E-state index contributed by atoms with van der Waals surface area (Å²) in [6.07, 6.45) is -0.858. The molecule has 0 bridgehead atoms. The summed E-state index contributed by atoms with van der Waals surface area (Å²) in [7, 11) is 0. The molecule has 0 aliphatic carbocycles. The second kappa shape index (κ2) is 2.74. The van der Waals surface area contributed by atoms with E-state index in [9.17, 15) is 13.2 Å². The minimum Gasteiger partial charge on any atom is -0.367 e. The Balaban J connectivity index is 2.66. The van der Waals surface area contributed by atoms with Crippen LogP contribution in [0.4, 0.5) is 13.2 Å². The fourth-order valence-electron chi connectivity index (χ4n) is 1.08. The Labute approximate surface area is 62.5 Å². The van der Waals surface area contributed by atoms with E-state index in [0.717, 1.165) is 0 Å². The summed E-state index contributed by atoms with van der Waals surface area (Å²) in [4.78, 5) is 0. The number of ether oxygens (including phenoxy) is 1. The predicted octanol–water partition coefficient (Wildman–Crippen LogP) is 1.59. The lowest BCUT2D eigenvalue weighted by atomic mass is 10.0. The van der Waals surface area contributed by atoms with E-state index in [2.05, 4.69) is 10.7 Å². The lowest BCUT2D eigenvalue weighted by molar-refractivity contribution is -0.212. The standard InChI is InChI=1S/C7H7F3O/c1-2-5-3-4-11-6(5)7(8,9)10/h1,5-6H,3-4H2/t5-,6+/m1/s1. The van der Waals surface area contributed by atoms with Gasteiger partial charge in [-0.15, -0.1) is 12.3 Å². The molecule has 0 amide bonds. The maximum Gasteiger partial charge on any atom is 0.415 e. The van der Waals surface area contributed by atoms with E-state index < -0.39 is 18.2 Å². The average molecular weight is 164 g/mol. The molecule has 1 heterocycles. The third-order valence-corrected chi connectivity index (χ3v) is 1.63. The number of rotatable bonds is 0.